The van der Waals surface area contributed by atoms with E-state index in [4.69, 9.17) is 0 Å². The number of anilines is 3. The van der Waals surface area contributed by atoms with Crippen molar-refractivity contribution in [2.45, 2.75) is 52.5 Å². The Balaban J connectivity index is 2.26. The quantitative estimate of drug-likeness (QED) is 0.545. The highest BCUT2D eigenvalue weighted by Gasteiger charge is 2.19. The third-order valence-electron chi connectivity index (χ3n) is 4.35. The smallest absolute Gasteiger partial charge is 0.297 e. The molecule has 1 N–H and O–H groups in total. The van der Waals surface area contributed by atoms with Gasteiger partial charge in [-0.15, -0.1) is 4.98 Å². The van der Waals surface area contributed by atoms with Crippen molar-refractivity contribution in [3.05, 3.63) is 42.1 Å². The molecule has 4 nitrogen and oxygen atoms in total. The number of unbranched alkanes of at least 4 members (excludes halogenated alkanes) is 4. The van der Waals surface area contributed by atoms with Crippen LogP contribution in [-0.4, -0.2) is 19.1 Å². The van der Waals surface area contributed by atoms with Gasteiger partial charge in [0, 0.05) is 20.2 Å². The van der Waals surface area contributed by atoms with Crippen LogP contribution < -0.4 is 14.8 Å². The van der Waals surface area contributed by atoms with Crippen LogP contribution in [0.1, 0.15) is 44.7 Å². The second-order valence-corrected chi connectivity index (χ2v) is 6.29. The molecule has 2 aromatic rings. The molecule has 0 unspecified atom stereocenters. The van der Waals surface area contributed by atoms with Crippen molar-refractivity contribution in [3.8, 4) is 0 Å². The van der Waals surface area contributed by atoms with Crippen LogP contribution in [0, 0.1) is 6.92 Å². The molecule has 0 bridgehead atoms. The lowest BCUT2D eigenvalue weighted by Crippen LogP contribution is -2.43. The second-order valence-electron chi connectivity index (χ2n) is 6.29. The van der Waals surface area contributed by atoms with Gasteiger partial charge in [-0.3, -0.25) is 10.2 Å². The summed E-state index contributed by atoms with van der Waals surface area (Å²) in [4.78, 5) is 6.91. The number of rotatable bonds is 9. The largest absolute Gasteiger partial charge is 0.347 e. The fourth-order valence-electron chi connectivity index (χ4n) is 2.98. The monoisotopic (exact) mass is 327 g/mol. The minimum atomic E-state index is 0.934. The third-order valence-corrected chi connectivity index (χ3v) is 4.35. The Hall–Kier alpha value is -2.10. The van der Waals surface area contributed by atoms with Crippen molar-refractivity contribution in [1.29, 1.82) is 0 Å². The van der Waals surface area contributed by atoms with Gasteiger partial charge in [-0.25, -0.2) is 4.57 Å². The first kappa shape index (κ1) is 18.2. The molecule has 0 spiro atoms. The SMILES string of the molecule is CCCCCCC[n+]1c(N(C)c2ccccc2)cc(C)nc1NC. The zero-order valence-electron chi connectivity index (χ0n) is 15.5. The summed E-state index contributed by atoms with van der Waals surface area (Å²) >= 11 is 0. The Morgan fingerprint density at radius 1 is 1.08 bits per heavy atom. The van der Waals surface area contributed by atoms with Crippen LogP contribution in [0.25, 0.3) is 0 Å². The average Bonchev–Trinajstić information content (AvgIpc) is 2.62. The maximum atomic E-state index is 4.67. The molecule has 0 saturated carbocycles. The summed E-state index contributed by atoms with van der Waals surface area (Å²) in [6.45, 7) is 5.29. The lowest BCUT2D eigenvalue weighted by molar-refractivity contribution is -0.673. The van der Waals surface area contributed by atoms with Gasteiger partial charge in [0.15, 0.2) is 0 Å². The van der Waals surface area contributed by atoms with Crippen LogP contribution in [0.5, 0.6) is 0 Å². The summed E-state index contributed by atoms with van der Waals surface area (Å²) in [6.07, 6.45) is 6.37. The van der Waals surface area contributed by atoms with Gasteiger partial charge in [0.1, 0.15) is 5.69 Å². The molecule has 1 heterocycles. The molecular weight excluding hydrogens is 296 g/mol. The first-order valence-electron chi connectivity index (χ1n) is 9.05. The predicted octanol–water partition coefficient (Wildman–Crippen LogP) is 4.46. The molecule has 0 atom stereocenters. The molecular formula is C20H31N4+. The van der Waals surface area contributed by atoms with Crippen LogP contribution in [0.4, 0.5) is 17.5 Å². The van der Waals surface area contributed by atoms with E-state index >= 15 is 0 Å². The van der Waals surface area contributed by atoms with E-state index in [0.717, 1.165) is 18.2 Å². The normalized spacial score (nSPS) is 10.7. The number of aromatic nitrogens is 2. The fraction of sp³-hybridized carbons (Fsp3) is 0.500. The number of hydrogen-bond donors (Lipinski definition) is 1. The number of nitrogens with one attached hydrogen (secondary N) is 1. The predicted molar refractivity (Wildman–Crippen MR) is 102 cm³/mol. The molecule has 0 radical (unpaired) electrons. The average molecular weight is 327 g/mol. The van der Waals surface area contributed by atoms with E-state index < -0.39 is 0 Å². The maximum absolute atomic E-state index is 4.67. The topological polar surface area (TPSA) is 32.0 Å². The van der Waals surface area contributed by atoms with E-state index in [0.29, 0.717) is 0 Å². The van der Waals surface area contributed by atoms with Gasteiger partial charge in [-0.1, -0.05) is 50.8 Å². The minimum Gasteiger partial charge on any atom is -0.297 e. The summed E-state index contributed by atoms with van der Waals surface area (Å²) in [5, 5.41) is 3.26. The number of nitrogens with zero attached hydrogens (tertiary/aromatic N) is 3. The first-order valence-corrected chi connectivity index (χ1v) is 9.05. The number of para-hydroxylation sites is 1. The van der Waals surface area contributed by atoms with E-state index in [-0.39, 0.29) is 0 Å². The molecule has 4 heteroatoms. The molecule has 130 valence electrons. The minimum absolute atomic E-state index is 0.934. The van der Waals surface area contributed by atoms with Gasteiger partial charge in [-0.2, -0.15) is 0 Å². The van der Waals surface area contributed by atoms with Gasteiger partial charge in [0.05, 0.1) is 12.2 Å². The van der Waals surface area contributed by atoms with Gasteiger partial charge in [-0.05, 0) is 25.5 Å². The Bertz CT molecular complexity index is 625. The lowest BCUT2D eigenvalue weighted by Gasteiger charge is -2.20. The number of benzene rings is 1. The summed E-state index contributed by atoms with van der Waals surface area (Å²) in [6, 6.07) is 12.7. The highest BCUT2D eigenvalue weighted by molar-refractivity contribution is 5.57. The Morgan fingerprint density at radius 2 is 1.79 bits per heavy atom. The van der Waals surface area contributed by atoms with Crippen molar-refractivity contribution in [1.82, 2.24) is 4.98 Å². The summed E-state index contributed by atoms with van der Waals surface area (Å²) in [5.41, 5.74) is 2.21. The van der Waals surface area contributed by atoms with Crippen molar-refractivity contribution >= 4 is 17.5 Å². The van der Waals surface area contributed by atoms with Crippen molar-refractivity contribution < 1.29 is 4.57 Å². The number of aryl methyl sites for hydroxylation is 1. The lowest BCUT2D eigenvalue weighted by atomic mass is 10.1. The zero-order valence-corrected chi connectivity index (χ0v) is 15.5. The molecule has 0 fully saturated rings. The molecule has 24 heavy (non-hydrogen) atoms. The van der Waals surface area contributed by atoms with Gasteiger partial charge in [0.2, 0.25) is 5.82 Å². The van der Waals surface area contributed by atoms with Crippen LogP contribution in [0.15, 0.2) is 36.4 Å². The molecule has 0 aliphatic rings. The highest BCUT2D eigenvalue weighted by Crippen LogP contribution is 2.22. The molecule has 1 aromatic heterocycles. The number of hydrogen-bond acceptors (Lipinski definition) is 3. The van der Waals surface area contributed by atoms with Gasteiger partial charge >= 0.3 is 5.95 Å². The van der Waals surface area contributed by atoms with Crippen LogP contribution in [-0.2, 0) is 6.54 Å². The van der Waals surface area contributed by atoms with Crippen LogP contribution in [0.3, 0.4) is 0 Å². The Morgan fingerprint density at radius 3 is 2.46 bits per heavy atom. The van der Waals surface area contributed by atoms with Crippen molar-refractivity contribution in [2.24, 2.45) is 0 Å². The van der Waals surface area contributed by atoms with Crippen molar-refractivity contribution in [3.63, 3.8) is 0 Å². The molecule has 2 rings (SSSR count). The fourth-order valence-corrected chi connectivity index (χ4v) is 2.98. The third kappa shape index (κ3) is 4.70. The standard InChI is InChI=1S/C20H30N4/c1-5-6-7-8-12-15-24-19(16-17(2)22-20(24)21-3)23(4)18-13-10-9-11-14-18/h9-11,13-14,16H,5-8,12,15H2,1-4H3/p+1. The summed E-state index contributed by atoms with van der Waals surface area (Å²) < 4.78 is 2.30. The van der Waals surface area contributed by atoms with E-state index in [1.165, 1.54) is 43.6 Å². The van der Waals surface area contributed by atoms with Crippen LogP contribution >= 0.6 is 0 Å². The molecule has 0 amide bonds. The Kier molecular flexibility index (Phi) is 7.04. The van der Waals surface area contributed by atoms with E-state index in [1.807, 2.05) is 7.05 Å². The van der Waals surface area contributed by atoms with Crippen LogP contribution in [0.2, 0.25) is 0 Å². The molecule has 0 saturated heterocycles. The zero-order chi connectivity index (χ0) is 17.4. The maximum Gasteiger partial charge on any atom is 0.347 e. The first-order chi connectivity index (χ1) is 11.7. The van der Waals surface area contributed by atoms with E-state index in [2.05, 4.69) is 77.1 Å². The Labute approximate surface area is 146 Å². The second kappa shape index (κ2) is 9.26. The van der Waals surface area contributed by atoms with Gasteiger partial charge < -0.3 is 0 Å². The highest BCUT2D eigenvalue weighted by atomic mass is 15.3. The van der Waals surface area contributed by atoms with Gasteiger partial charge in [0.25, 0.3) is 0 Å². The molecule has 0 aliphatic heterocycles. The summed E-state index contributed by atoms with van der Waals surface area (Å²) in [5.74, 6) is 2.11. The summed E-state index contributed by atoms with van der Waals surface area (Å²) in [7, 11) is 4.07. The van der Waals surface area contributed by atoms with Crippen molar-refractivity contribution in [2.75, 3.05) is 24.3 Å². The molecule has 1 aromatic carbocycles. The molecule has 0 aliphatic carbocycles. The van der Waals surface area contributed by atoms with E-state index in [1.54, 1.807) is 0 Å². The van der Waals surface area contributed by atoms with E-state index in [9.17, 15) is 0 Å².